The number of unbranched alkanes of at least 4 members (excludes halogenated alkanes) is 1. The Bertz CT molecular complexity index is 291. The molecule has 0 aromatic carbocycles. The van der Waals surface area contributed by atoms with Crippen LogP contribution in [0.15, 0.2) is 0 Å². The molecule has 0 aliphatic carbocycles. The molecule has 1 unspecified atom stereocenters. The van der Waals surface area contributed by atoms with Gasteiger partial charge >= 0.3 is 0 Å². The lowest BCUT2D eigenvalue weighted by Gasteiger charge is -2.13. The summed E-state index contributed by atoms with van der Waals surface area (Å²) >= 11 is 1.31. The Labute approximate surface area is 101 Å². The molecule has 92 valence electrons. The van der Waals surface area contributed by atoms with Crippen molar-refractivity contribution < 1.29 is 9.84 Å². The molecule has 0 spiro atoms. The molecular weight excluding hydrogens is 224 g/mol. The second-order valence-corrected chi connectivity index (χ2v) is 4.87. The summed E-state index contributed by atoms with van der Waals surface area (Å²) in [5.41, 5.74) is 0. The summed E-state index contributed by atoms with van der Waals surface area (Å²) in [6, 6.07) is 0. The van der Waals surface area contributed by atoms with E-state index in [1.807, 2.05) is 0 Å². The van der Waals surface area contributed by atoms with E-state index in [1.165, 1.54) is 30.6 Å². The molecular formula is C11H20N2O2S. The first-order valence-electron chi connectivity index (χ1n) is 5.86. The van der Waals surface area contributed by atoms with Gasteiger partial charge in [0, 0.05) is 0 Å². The first-order chi connectivity index (χ1) is 7.80. The first kappa shape index (κ1) is 13.4. The zero-order valence-electron chi connectivity index (χ0n) is 9.98. The normalized spacial score (nSPS) is 12.7. The molecule has 0 amide bonds. The number of nitrogens with zero attached hydrogens (tertiary/aromatic N) is 2. The summed E-state index contributed by atoms with van der Waals surface area (Å²) < 4.78 is 5.57. The van der Waals surface area contributed by atoms with Crippen LogP contribution in [0.1, 0.15) is 44.5 Å². The Balaban J connectivity index is 2.31. The van der Waals surface area contributed by atoms with Crippen molar-refractivity contribution in [2.45, 2.75) is 46.1 Å². The Kier molecular flexibility index (Phi) is 6.33. The van der Waals surface area contributed by atoms with Gasteiger partial charge in [-0.2, -0.15) is 0 Å². The predicted molar refractivity (Wildman–Crippen MR) is 64.6 cm³/mol. The molecule has 0 saturated heterocycles. The van der Waals surface area contributed by atoms with Gasteiger partial charge < -0.3 is 9.84 Å². The lowest BCUT2D eigenvalue weighted by molar-refractivity contribution is 0.231. The van der Waals surface area contributed by atoms with Gasteiger partial charge in [0.05, 0.1) is 13.2 Å². The van der Waals surface area contributed by atoms with E-state index in [1.54, 1.807) is 0 Å². The molecule has 16 heavy (non-hydrogen) atoms. The highest BCUT2D eigenvalue weighted by atomic mass is 32.1. The summed E-state index contributed by atoms with van der Waals surface area (Å²) in [4.78, 5) is 0. The van der Waals surface area contributed by atoms with Crippen molar-refractivity contribution >= 4 is 11.3 Å². The maximum atomic E-state index is 8.84. The predicted octanol–water partition coefficient (Wildman–Crippen LogP) is 2.63. The fourth-order valence-corrected chi connectivity index (χ4v) is 2.00. The molecule has 1 N–H and O–H groups in total. The van der Waals surface area contributed by atoms with Gasteiger partial charge in [0.2, 0.25) is 0 Å². The number of aliphatic hydroxyl groups is 1. The van der Waals surface area contributed by atoms with Crippen LogP contribution in [-0.2, 0) is 6.61 Å². The van der Waals surface area contributed by atoms with Crippen molar-refractivity contribution in [3.05, 3.63) is 5.01 Å². The van der Waals surface area contributed by atoms with E-state index in [4.69, 9.17) is 9.84 Å². The van der Waals surface area contributed by atoms with Crippen LogP contribution in [0.5, 0.6) is 5.19 Å². The Hall–Kier alpha value is -0.680. The van der Waals surface area contributed by atoms with Gasteiger partial charge in [-0.1, -0.05) is 49.5 Å². The molecule has 1 aromatic heterocycles. The minimum atomic E-state index is -0.0614. The second-order valence-electron chi connectivity index (χ2n) is 3.85. The number of aliphatic hydroxyl groups excluding tert-OH is 1. The smallest absolute Gasteiger partial charge is 0.294 e. The summed E-state index contributed by atoms with van der Waals surface area (Å²) in [6.07, 6.45) is 4.81. The van der Waals surface area contributed by atoms with Gasteiger partial charge in [0.25, 0.3) is 5.19 Å². The van der Waals surface area contributed by atoms with E-state index in [9.17, 15) is 0 Å². The topological polar surface area (TPSA) is 55.2 Å². The van der Waals surface area contributed by atoms with Crippen LogP contribution in [-0.4, -0.2) is 21.9 Å². The van der Waals surface area contributed by atoms with Crippen LogP contribution in [0.3, 0.4) is 0 Å². The molecule has 1 heterocycles. The maximum Gasteiger partial charge on any atom is 0.294 e. The first-order valence-corrected chi connectivity index (χ1v) is 6.67. The van der Waals surface area contributed by atoms with Crippen LogP contribution in [0, 0.1) is 5.92 Å². The number of aromatic nitrogens is 2. The van der Waals surface area contributed by atoms with Crippen molar-refractivity contribution in [2.75, 3.05) is 6.61 Å². The van der Waals surface area contributed by atoms with Gasteiger partial charge in [-0.25, -0.2) is 0 Å². The van der Waals surface area contributed by atoms with Crippen molar-refractivity contribution in [3.63, 3.8) is 0 Å². The van der Waals surface area contributed by atoms with Crippen LogP contribution in [0.2, 0.25) is 0 Å². The molecule has 1 rings (SSSR count). The van der Waals surface area contributed by atoms with E-state index in [0.29, 0.717) is 22.7 Å². The molecule has 0 radical (unpaired) electrons. The Morgan fingerprint density at radius 3 is 2.75 bits per heavy atom. The van der Waals surface area contributed by atoms with E-state index >= 15 is 0 Å². The third kappa shape index (κ3) is 4.45. The number of ether oxygens (including phenoxy) is 1. The van der Waals surface area contributed by atoms with Crippen LogP contribution in [0.25, 0.3) is 0 Å². The highest BCUT2D eigenvalue weighted by molar-refractivity contribution is 7.13. The molecule has 0 aliphatic heterocycles. The largest absolute Gasteiger partial charge is 0.469 e. The number of rotatable bonds is 8. The van der Waals surface area contributed by atoms with Gasteiger partial charge in [-0.05, 0) is 12.3 Å². The molecule has 1 aromatic rings. The fraction of sp³-hybridized carbons (Fsp3) is 0.818. The Morgan fingerprint density at radius 2 is 2.19 bits per heavy atom. The monoisotopic (exact) mass is 244 g/mol. The van der Waals surface area contributed by atoms with Crippen LogP contribution >= 0.6 is 11.3 Å². The van der Waals surface area contributed by atoms with Gasteiger partial charge in [0.1, 0.15) is 5.01 Å². The second kappa shape index (κ2) is 7.57. The standard InChI is InChI=1S/C11H20N2O2S/c1-3-5-6-9(4-2)8-15-11-13-12-10(7-14)16-11/h9,14H,3-8H2,1-2H3. The van der Waals surface area contributed by atoms with Crippen molar-refractivity contribution in [1.82, 2.24) is 10.2 Å². The van der Waals surface area contributed by atoms with Crippen LogP contribution in [0.4, 0.5) is 0 Å². The van der Waals surface area contributed by atoms with E-state index in [2.05, 4.69) is 24.0 Å². The molecule has 0 aliphatic rings. The SMILES string of the molecule is CCCCC(CC)COc1nnc(CO)s1. The zero-order valence-corrected chi connectivity index (χ0v) is 10.8. The zero-order chi connectivity index (χ0) is 11.8. The van der Waals surface area contributed by atoms with E-state index < -0.39 is 0 Å². The number of hydrogen-bond acceptors (Lipinski definition) is 5. The summed E-state index contributed by atoms with van der Waals surface area (Å²) in [5, 5.41) is 17.7. The lowest BCUT2D eigenvalue weighted by Crippen LogP contribution is -2.11. The van der Waals surface area contributed by atoms with Crippen molar-refractivity contribution in [2.24, 2.45) is 5.92 Å². The molecule has 1 atom stereocenters. The fourth-order valence-electron chi connectivity index (χ4n) is 1.45. The van der Waals surface area contributed by atoms with E-state index in [-0.39, 0.29) is 6.61 Å². The average Bonchev–Trinajstić information content (AvgIpc) is 2.77. The molecule has 0 saturated carbocycles. The van der Waals surface area contributed by atoms with E-state index in [0.717, 1.165) is 6.42 Å². The van der Waals surface area contributed by atoms with Crippen molar-refractivity contribution in [3.8, 4) is 5.19 Å². The molecule has 0 fully saturated rings. The number of hydrogen-bond donors (Lipinski definition) is 1. The molecule has 0 bridgehead atoms. The summed E-state index contributed by atoms with van der Waals surface area (Å²) in [7, 11) is 0. The minimum Gasteiger partial charge on any atom is -0.469 e. The maximum absolute atomic E-state index is 8.84. The third-order valence-corrected chi connectivity index (χ3v) is 3.39. The molecule has 4 nitrogen and oxygen atoms in total. The average molecular weight is 244 g/mol. The summed E-state index contributed by atoms with van der Waals surface area (Å²) in [6.45, 7) is 5.03. The quantitative estimate of drug-likeness (QED) is 0.763. The lowest BCUT2D eigenvalue weighted by atomic mass is 10.0. The summed E-state index contributed by atoms with van der Waals surface area (Å²) in [5.74, 6) is 0.599. The third-order valence-electron chi connectivity index (χ3n) is 2.57. The van der Waals surface area contributed by atoms with Gasteiger partial charge in [-0.15, -0.1) is 5.10 Å². The van der Waals surface area contributed by atoms with Gasteiger partial charge in [-0.3, -0.25) is 0 Å². The Morgan fingerprint density at radius 1 is 1.38 bits per heavy atom. The van der Waals surface area contributed by atoms with Crippen LogP contribution < -0.4 is 4.74 Å². The van der Waals surface area contributed by atoms with Gasteiger partial charge in [0.15, 0.2) is 0 Å². The minimum absolute atomic E-state index is 0.0614. The highest BCUT2D eigenvalue weighted by Gasteiger charge is 2.09. The molecule has 5 heteroatoms. The highest BCUT2D eigenvalue weighted by Crippen LogP contribution is 2.20. The van der Waals surface area contributed by atoms with Crippen molar-refractivity contribution in [1.29, 1.82) is 0 Å².